The van der Waals surface area contributed by atoms with Crippen LogP contribution in [0.25, 0.3) is 10.9 Å². The summed E-state index contributed by atoms with van der Waals surface area (Å²) >= 11 is 0.653. The smallest absolute Gasteiger partial charge is 0.305 e. The molecule has 15 amide bonds. The Kier molecular flexibility index (Phi) is 37.5. The fourth-order valence-corrected chi connectivity index (χ4v) is 17.2. The zero-order valence-electron chi connectivity index (χ0n) is 74.8. The molecule has 3 aliphatic heterocycles. The van der Waals surface area contributed by atoms with Gasteiger partial charge in [-0.25, -0.2) is 17.6 Å². The van der Waals surface area contributed by atoms with Crippen LogP contribution in [-0.2, 0) is 109 Å². The van der Waals surface area contributed by atoms with Crippen molar-refractivity contribution in [1.29, 1.82) is 0 Å². The molecule has 3 fully saturated rings. The van der Waals surface area contributed by atoms with Crippen LogP contribution in [0.1, 0.15) is 127 Å². The second-order valence-corrected chi connectivity index (χ2v) is 35.2. The van der Waals surface area contributed by atoms with Gasteiger partial charge in [0, 0.05) is 95.7 Å². The quantitative estimate of drug-likeness (QED) is 0.0343. The number of phenolic OH excluding ortho intramolecular Hbond substituents is 1. The van der Waals surface area contributed by atoms with Crippen LogP contribution in [-0.4, -0.2) is 272 Å². The molecule has 0 spiro atoms. The van der Waals surface area contributed by atoms with Gasteiger partial charge in [0.15, 0.2) is 17.5 Å². The van der Waals surface area contributed by atoms with Gasteiger partial charge in [-0.1, -0.05) is 120 Å². The highest BCUT2D eigenvalue weighted by Crippen LogP contribution is 2.29. The molecule has 1 aromatic heterocycles. The number of hydrogen-bond donors (Lipinski definition) is 14. The lowest BCUT2D eigenvalue weighted by Crippen LogP contribution is -2.63. The number of nitrogens with one attached hydrogen (secondary N) is 10. The SMILES string of the molecule is CCCC[C@H]1C(=O)N2CCC[C@@H]2C(=O)N[C@@H](CN)C(=O)N[C@@H](C(C)C)C(=O)N(C)[C@@H](Cc2ccccc2)C(=O)N[C@@H](CC(=O)O)C(=O)N2CCCC[C@@H]2C(=O)N[C@@H](Cc2c[nH]c3ccccc23)C(=O)N[C@@H](Cc2ccc(O)cc2)C(=O)N[C@@H](CC(C)C)C(=O)N[C@H](C(=O)NCC(N)=O)CSCC(=O)N[C@@H](Cc2cc(F)c(F)c(F)c2)C(=O)N(C)[C@@H](Cc2ccc(F)cc2)C(=O)N1C. The molecule has 0 bridgehead atoms. The largest absolute Gasteiger partial charge is 0.508 e. The van der Waals surface area contributed by atoms with Gasteiger partial charge in [-0.3, -0.25) is 76.7 Å². The van der Waals surface area contributed by atoms with E-state index in [0.717, 1.165) is 38.8 Å². The Morgan fingerprint density at radius 3 is 1.69 bits per heavy atom. The van der Waals surface area contributed by atoms with Crippen LogP contribution in [0.15, 0.2) is 121 Å². The number of halogens is 4. The molecule has 0 aliphatic carbocycles. The lowest BCUT2D eigenvalue weighted by molar-refractivity contribution is -0.152. The first kappa shape index (κ1) is 103. The fourth-order valence-electron chi connectivity index (χ4n) is 16.3. The number of rotatable bonds is 22. The molecule has 3 saturated heterocycles. The third-order valence-electron chi connectivity index (χ3n) is 23.6. The van der Waals surface area contributed by atoms with Crippen LogP contribution < -0.4 is 59.3 Å². The summed E-state index contributed by atoms with van der Waals surface area (Å²) in [5, 5.41) is 45.0. The van der Waals surface area contributed by atoms with E-state index in [4.69, 9.17) is 11.5 Å². The van der Waals surface area contributed by atoms with Crippen LogP contribution >= 0.6 is 11.8 Å². The van der Waals surface area contributed by atoms with Gasteiger partial charge < -0.3 is 99.0 Å². The molecular formula is C92H117F4N17O18S. The Hall–Kier alpha value is -13.0. The van der Waals surface area contributed by atoms with E-state index in [-0.39, 0.29) is 87.8 Å². The minimum Gasteiger partial charge on any atom is -0.508 e. The molecule has 712 valence electrons. The summed E-state index contributed by atoms with van der Waals surface area (Å²) < 4.78 is 59.7. The molecule has 132 heavy (non-hydrogen) atoms. The topological polar surface area (TPSA) is 506 Å². The van der Waals surface area contributed by atoms with Gasteiger partial charge in [-0.2, -0.15) is 0 Å². The number of hydrogen-bond acceptors (Lipinski definition) is 19. The van der Waals surface area contributed by atoms with Gasteiger partial charge in [0.25, 0.3) is 0 Å². The number of carboxylic acid groups (broad SMARTS) is 1. The van der Waals surface area contributed by atoms with Crippen molar-refractivity contribution < 1.29 is 104 Å². The highest BCUT2D eigenvalue weighted by Gasteiger charge is 2.46. The number of aromatic amines is 1. The number of carbonyl (C=O) groups excluding carboxylic acids is 15. The van der Waals surface area contributed by atoms with Crippen molar-refractivity contribution in [3.63, 3.8) is 0 Å². The maximum absolute atomic E-state index is 15.6. The first-order valence-corrected chi connectivity index (χ1v) is 45.0. The molecule has 13 atom stereocenters. The number of aromatic nitrogens is 1. The van der Waals surface area contributed by atoms with Crippen molar-refractivity contribution in [2.75, 3.05) is 58.8 Å². The van der Waals surface area contributed by atoms with Crippen molar-refractivity contribution in [3.05, 3.63) is 173 Å². The summed E-state index contributed by atoms with van der Waals surface area (Å²) in [6, 6.07) is 5.60. The maximum Gasteiger partial charge on any atom is 0.305 e. The molecule has 9 rings (SSSR count). The second kappa shape index (κ2) is 48.2. The number of aromatic hydroxyl groups is 1. The zero-order valence-corrected chi connectivity index (χ0v) is 75.6. The number of likely N-dealkylation sites (N-methyl/N-ethyl adjacent to an activating group) is 3. The molecular weight excluding hydrogens is 1740 g/mol. The van der Waals surface area contributed by atoms with Crippen LogP contribution in [0.2, 0.25) is 0 Å². The van der Waals surface area contributed by atoms with Gasteiger partial charge >= 0.3 is 5.97 Å². The fraction of sp³-hybridized carbons (Fsp3) is 0.478. The van der Waals surface area contributed by atoms with E-state index in [9.17, 15) is 52.6 Å². The molecule has 16 N–H and O–H groups in total. The normalized spacial score (nSPS) is 23.8. The minimum absolute atomic E-state index is 0.0184. The van der Waals surface area contributed by atoms with E-state index in [1.807, 2.05) is 0 Å². The number of benzene rings is 5. The van der Waals surface area contributed by atoms with E-state index in [1.54, 1.807) is 95.4 Å². The summed E-state index contributed by atoms with van der Waals surface area (Å²) in [5.74, 6) is -24.9. The Labute approximate surface area is 765 Å². The third kappa shape index (κ3) is 28.0. The molecule has 0 saturated carbocycles. The molecule has 0 radical (unpaired) electrons. The molecule has 40 heteroatoms. The van der Waals surface area contributed by atoms with Crippen molar-refractivity contribution in [3.8, 4) is 5.75 Å². The average Bonchev–Trinajstić information content (AvgIpc) is 1.45. The number of carboxylic acids is 1. The van der Waals surface area contributed by atoms with Crippen LogP contribution in [0, 0.1) is 35.1 Å². The summed E-state index contributed by atoms with van der Waals surface area (Å²) in [5.41, 5.74) is 13.5. The number of para-hydroxylation sites is 1. The Morgan fingerprint density at radius 1 is 0.530 bits per heavy atom. The molecule has 0 unspecified atom stereocenters. The van der Waals surface area contributed by atoms with Crippen LogP contribution in [0.3, 0.4) is 0 Å². The van der Waals surface area contributed by atoms with Gasteiger partial charge in [-0.05, 0) is 127 Å². The number of phenols is 1. The zero-order chi connectivity index (χ0) is 96.5. The number of aliphatic carboxylic acids is 1. The Morgan fingerprint density at radius 2 is 1.06 bits per heavy atom. The molecule has 4 heterocycles. The molecule has 3 aliphatic rings. The second-order valence-electron chi connectivity index (χ2n) is 34.2. The van der Waals surface area contributed by atoms with Crippen molar-refractivity contribution in [2.24, 2.45) is 23.3 Å². The monoisotopic (exact) mass is 1860 g/mol. The highest BCUT2D eigenvalue weighted by atomic mass is 32.2. The van der Waals surface area contributed by atoms with Gasteiger partial charge in [0.2, 0.25) is 88.6 Å². The standard InChI is InChI=1S/C92H117F4N17O18S/c1-9-10-23-72-91(130)113-35-18-25-71(113)86(125)106-68(45-97)84(123)108-79(51(4)5)92(131)110(7)73(41-52-19-12-11-13-20-52)87(126)105-67(44-77(117)118)89(128)112-34-17-16-24-70(112)85(124)104-65(43-56-46-99-62-22-15-14-21-59(56)62)83(122)103-64(39-53-28-32-58(114)33-29-53)82(121)102-63(36-50(2)3)81(120)107-69(80(119)100-47-75(98)115)48-132-49-76(116)101-66(40-55-37-60(94)78(96)61(95)38-55)88(127)111(8)74(90(129)109(72)6)42-54-26-30-57(93)31-27-54/h11-15,19-22,26-33,37-38,46,50-51,63-74,79,99,114H,9-10,16-18,23-25,34-36,39-45,47-49,97H2,1-8H3,(H2,98,115)(H,100,119)(H,101,116)(H,102,121)(H,103,122)(H,104,124)(H,105,126)(H,106,125)(H,107,120)(H,108,123)(H,117,118)/t63-,64-,65-,66-,67-,68-,69-,70+,71+,72-,73-,74-,79-/m0/s1. The number of fused-ring (bicyclic) bond motifs is 3. The predicted octanol–water partition coefficient (Wildman–Crippen LogP) is 2.35. The van der Waals surface area contributed by atoms with Gasteiger partial charge in [0.1, 0.15) is 90.1 Å². The number of primary amides is 1. The van der Waals surface area contributed by atoms with Gasteiger partial charge in [0.05, 0.1) is 18.7 Å². The lowest BCUT2D eigenvalue weighted by Gasteiger charge is -2.38. The summed E-state index contributed by atoms with van der Waals surface area (Å²) in [4.78, 5) is 245. The maximum atomic E-state index is 15.6. The van der Waals surface area contributed by atoms with E-state index < -0.39 is 252 Å². The van der Waals surface area contributed by atoms with Crippen molar-refractivity contribution in [1.82, 2.24) is 77.3 Å². The van der Waals surface area contributed by atoms with Crippen molar-refractivity contribution in [2.45, 2.75) is 209 Å². The number of nitrogens with two attached hydrogens (primary N) is 2. The number of carbonyl (C=O) groups is 16. The minimum atomic E-state index is -1.94. The number of thioether (sulfide) groups is 1. The van der Waals surface area contributed by atoms with E-state index in [1.165, 1.54) is 55.4 Å². The van der Waals surface area contributed by atoms with Gasteiger partial charge in [-0.15, -0.1) is 11.8 Å². The average molecular weight is 1860 g/mol. The van der Waals surface area contributed by atoms with Crippen molar-refractivity contribution >= 4 is 117 Å². The van der Waals surface area contributed by atoms with E-state index in [2.05, 4.69) is 52.8 Å². The summed E-state index contributed by atoms with van der Waals surface area (Å²) in [7, 11) is 3.67. The van der Waals surface area contributed by atoms with E-state index >= 15 is 51.9 Å². The Bertz CT molecular complexity index is 5130. The number of amides is 15. The number of nitrogens with zero attached hydrogens (tertiary/aromatic N) is 5. The first-order chi connectivity index (χ1) is 62.7. The number of unbranched alkanes of at least 4 members (excludes halogenated alkanes) is 1. The summed E-state index contributed by atoms with van der Waals surface area (Å²) in [6.07, 6.45) is -0.357. The third-order valence-corrected chi connectivity index (χ3v) is 24.6. The lowest BCUT2D eigenvalue weighted by atomic mass is 9.97. The van der Waals surface area contributed by atoms with Crippen LogP contribution in [0.5, 0.6) is 5.75 Å². The number of piperidine rings is 1. The predicted molar refractivity (Wildman–Crippen MR) is 478 cm³/mol. The molecule has 6 aromatic rings. The Balaban J connectivity index is 1.13. The number of H-pyrrole nitrogens is 1. The van der Waals surface area contributed by atoms with E-state index in [0.29, 0.717) is 70.8 Å². The molecule has 5 aromatic carbocycles. The molecule has 35 nitrogen and oxygen atoms in total. The summed E-state index contributed by atoms with van der Waals surface area (Å²) in [6.45, 7) is 6.72. The highest BCUT2D eigenvalue weighted by molar-refractivity contribution is 8.00. The van der Waals surface area contributed by atoms with Crippen LogP contribution in [0.4, 0.5) is 17.6 Å². The first-order valence-electron chi connectivity index (χ1n) is 43.9.